The molecule has 0 saturated carbocycles. The lowest BCUT2D eigenvalue weighted by Gasteiger charge is -2.09. The summed E-state index contributed by atoms with van der Waals surface area (Å²) in [5, 5.41) is 17.5. The summed E-state index contributed by atoms with van der Waals surface area (Å²) in [4.78, 5) is 24.4. The zero-order valence-corrected chi connectivity index (χ0v) is 8.84. The highest BCUT2D eigenvalue weighted by molar-refractivity contribution is 5.00. The summed E-state index contributed by atoms with van der Waals surface area (Å²) in [6.07, 6.45) is 0.395. The Kier molecular flexibility index (Phi) is 4.41. The van der Waals surface area contributed by atoms with Crippen LogP contribution in [0.15, 0.2) is 15.8 Å². The standard InChI is InChI=1S/C9H14N2O5/c1-6-2-11(9(15)10-8(6)14)5-16-4-7(13)3-12/h2,7,12-13H,3-5H2,1H3,(H,10,14,15). The third kappa shape index (κ3) is 3.30. The van der Waals surface area contributed by atoms with E-state index in [1.807, 2.05) is 0 Å². The molecule has 1 atom stereocenters. The van der Waals surface area contributed by atoms with Gasteiger partial charge >= 0.3 is 5.69 Å². The van der Waals surface area contributed by atoms with Crippen molar-refractivity contribution in [2.24, 2.45) is 0 Å². The van der Waals surface area contributed by atoms with Gasteiger partial charge in [0.15, 0.2) is 0 Å². The first-order chi connectivity index (χ1) is 7.54. The molecule has 0 aromatic carbocycles. The molecular weight excluding hydrogens is 216 g/mol. The lowest BCUT2D eigenvalue weighted by Crippen LogP contribution is -2.32. The van der Waals surface area contributed by atoms with Gasteiger partial charge in [-0.1, -0.05) is 0 Å². The zero-order chi connectivity index (χ0) is 12.1. The molecule has 0 saturated heterocycles. The summed E-state index contributed by atoms with van der Waals surface area (Å²) < 4.78 is 6.15. The van der Waals surface area contributed by atoms with Gasteiger partial charge < -0.3 is 14.9 Å². The average Bonchev–Trinajstić information content (AvgIpc) is 2.25. The van der Waals surface area contributed by atoms with Crippen molar-refractivity contribution < 1.29 is 14.9 Å². The highest BCUT2D eigenvalue weighted by Gasteiger charge is 2.03. The van der Waals surface area contributed by atoms with E-state index < -0.39 is 24.0 Å². The predicted octanol–water partition coefficient (Wildman–Crippen LogP) is -1.83. The topological polar surface area (TPSA) is 105 Å². The van der Waals surface area contributed by atoms with Crippen LogP contribution in [0.2, 0.25) is 0 Å². The fourth-order valence-corrected chi connectivity index (χ4v) is 1.05. The first kappa shape index (κ1) is 12.6. The quantitative estimate of drug-likeness (QED) is 0.552. The molecule has 90 valence electrons. The molecule has 0 aliphatic heterocycles. The molecule has 0 bridgehead atoms. The molecule has 7 heteroatoms. The molecule has 1 aromatic heterocycles. The molecule has 0 amide bonds. The van der Waals surface area contributed by atoms with E-state index in [9.17, 15) is 9.59 Å². The van der Waals surface area contributed by atoms with E-state index in [-0.39, 0.29) is 13.3 Å². The molecule has 1 aromatic rings. The molecule has 0 aliphatic carbocycles. The first-order valence-corrected chi connectivity index (χ1v) is 4.71. The summed E-state index contributed by atoms with van der Waals surface area (Å²) in [6, 6.07) is 0. The van der Waals surface area contributed by atoms with Crippen molar-refractivity contribution in [3.63, 3.8) is 0 Å². The van der Waals surface area contributed by atoms with Crippen molar-refractivity contribution in [1.29, 1.82) is 0 Å². The van der Waals surface area contributed by atoms with Crippen LogP contribution in [0, 0.1) is 6.92 Å². The van der Waals surface area contributed by atoms with E-state index in [1.165, 1.54) is 10.8 Å². The Morgan fingerprint density at radius 2 is 2.25 bits per heavy atom. The molecule has 1 unspecified atom stereocenters. The van der Waals surface area contributed by atoms with Crippen molar-refractivity contribution >= 4 is 0 Å². The minimum atomic E-state index is -0.973. The smallest absolute Gasteiger partial charge is 0.330 e. The van der Waals surface area contributed by atoms with Crippen LogP contribution in [-0.2, 0) is 11.5 Å². The molecule has 7 nitrogen and oxygen atoms in total. The number of aliphatic hydroxyl groups is 2. The Morgan fingerprint density at radius 1 is 1.56 bits per heavy atom. The molecule has 16 heavy (non-hydrogen) atoms. The van der Waals surface area contributed by atoms with Gasteiger partial charge in [-0.05, 0) is 6.92 Å². The van der Waals surface area contributed by atoms with Crippen molar-refractivity contribution in [3.8, 4) is 0 Å². The maximum atomic E-state index is 11.3. The van der Waals surface area contributed by atoms with Crippen LogP contribution in [0.25, 0.3) is 0 Å². The van der Waals surface area contributed by atoms with Gasteiger partial charge in [0.2, 0.25) is 0 Å². The molecular formula is C9H14N2O5. The molecule has 0 aliphatic rings. The number of aliphatic hydroxyl groups excluding tert-OH is 2. The number of rotatable bonds is 5. The number of aromatic amines is 1. The molecule has 0 radical (unpaired) electrons. The number of ether oxygens (including phenoxy) is 1. The number of aromatic nitrogens is 2. The van der Waals surface area contributed by atoms with Crippen molar-refractivity contribution in [2.45, 2.75) is 19.8 Å². The van der Waals surface area contributed by atoms with Gasteiger partial charge in [-0.15, -0.1) is 0 Å². The van der Waals surface area contributed by atoms with Gasteiger partial charge in [0.25, 0.3) is 5.56 Å². The van der Waals surface area contributed by atoms with Gasteiger partial charge in [0, 0.05) is 11.8 Å². The monoisotopic (exact) mass is 230 g/mol. The number of H-pyrrole nitrogens is 1. The number of hydrogen-bond acceptors (Lipinski definition) is 5. The van der Waals surface area contributed by atoms with E-state index in [0.29, 0.717) is 5.56 Å². The summed E-state index contributed by atoms with van der Waals surface area (Å²) in [7, 11) is 0. The normalized spacial score (nSPS) is 12.7. The van der Waals surface area contributed by atoms with E-state index in [4.69, 9.17) is 14.9 Å². The summed E-state index contributed by atoms with van der Waals surface area (Å²) in [5.74, 6) is 0. The lowest BCUT2D eigenvalue weighted by molar-refractivity contribution is -0.0185. The third-order valence-corrected chi connectivity index (χ3v) is 1.94. The highest BCUT2D eigenvalue weighted by atomic mass is 16.5. The molecule has 3 N–H and O–H groups in total. The largest absolute Gasteiger partial charge is 0.394 e. The van der Waals surface area contributed by atoms with Crippen molar-refractivity contribution in [3.05, 3.63) is 32.6 Å². The first-order valence-electron chi connectivity index (χ1n) is 4.71. The fraction of sp³-hybridized carbons (Fsp3) is 0.556. The van der Waals surface area contributed by atoms with Crippen LogP contribution in [0.3, 0.4) is 0 Å². The minimum absolute atomic E-state index is 0.0822. The van der Waals surface area contributed by atoms with Crippen molar-refractivity contribution in [2.75, 3.05) is 13.2 Å². The Morgan fingerprint density at radius 3 is 2.88 bits per heavy atom. The van der Waals surface area contributed by atoms with Crippen molar-refractivity contribution in [1.82, 2.24) is 9.55 Å². The van der Waals surface area contributed by atoms with Gasteiger partial charge in [-0.3, -0.25) is 14.3 Å². The summed E-state index contributed by atoms with van der Waals surface area (Å²) in [6.45, 7) is 0.992. The maximum Gasteiger partial charge on any atom is 0.330 e. The second-order valence-corrected chi connectivity index (χ2v) is 3.38. The van der Waals surface area contributed by atoms with E-state index in [1.54, 1.807) is 6.92 Å². The van der Waals surface area contributed by atoms with E-state index in [0.717, 1.165) is 0 Å². The number of nitrogens with zero attached hydrogens (tertiary/aromatic N) is 1. The number of aryl methyl sites for hydroxylation is 1. The summed E-state index contributed by atoms with van der Waals surface area (Å²) >= 11 is 0. The van der Waals surface area contributed by atoms with E-state index in [2.05, 4.69) is 4.98 Å². The fourth-order valence-electron chi connectivity index (χ4n) is 1.05. The number of hydrogen-bond donors (Lipinski definition) is 3. The second-order valence-electron chi connectivity index (χ2n) is 3.38. The van der Waals surface area contributed by atoms with Crippen LogP contribution in [-0.4, -0.2) is 39.1 Å². The number of nitrogens with one attached hydrogen (secondary N) is 1. The molecule has 0 fully saturated rings. The predicted molar refractivity (Wildman–Crippen MR) is 55.1 cm³/mol. The maximum absolute atomic E-state index is 11.3. The second kappa shape index (κ2) is 5.59. The molecule has 0 spiro atoms. The third-order valence-electron chi connectivity index (χ3n) is 1.94. The minimum Gasteiger partial charge on any atom is -0.394 e. The van der Waals surface area contributed by atoms with Crippen LogP contribution in [0.1, 0.15) is 5.56 Å². The molecule has 1 rings (SSSR count). The highest BCUT2D eigenvalue weighted by Crippen LogP contribution is 1.88. The Labute approximate surface area is 90.9 Å². The van der Waals surface area contributed by atoms with Crippen LogP contribution < -0.4 is 11.2 Å². The van der Waals surface area contributed by atoms with Gasteiger partial charge in [0.1, 0.15) is 12.8 Å². The van der Waals surface area contributed by atoms with Crippen LogP contribution >= 0.6 is 0 Å². The van der Waals surface area contributed by atoms with Gasteiger partial charge in [-0.2, -0.15) is 0 Å². The SMILES string of the molecule is Cc1cn(COCC(O)CO)c(=O)[nH]c1=O. The zero-order valence-electron chi connectivity index (χ0n) is 8.84. The molecule has 1 heterocycles. The average molecular weight is 230 g/mol. The van der Waals surface area contributed by atoms with Gasteiger partial charge in [-0.25, -0.2) is 4.79 Å². The Balaban J connectivity index is 2.65. The Bertz CT molecular complexity index is 450. The Hall–Kier alpha value is -1.44. The lowest BCUT2D eigenvalue weighted by atomic mass is 10.4. The van der Waals surface area contributed by atoms with Crippen LogP contribution in [0.4, 0.5) is 0 Å². The van der Waals surface area contributed by atoms with E-state index >= 15 is 0 Å². The summed E-state index contributed by atoms with van der Waals surface area (Å²) in [5.41, 5.74) is -0.614. The van der Waals surface area contributed by atoms with Crippen LogP contribution in [0.5, 0.6) is 0 Å². The van der Waals surface area contributed by atoms with Gasteiger partial charge in [0.05, 0.1) is 13.2 Å².